The molecule has 96 valence electrons. The minimum absolute atomic E-state index is 0.250. The van der Waals surface area contributed by atoms with Crippen LogP contribution in [-0.4, -0.2) is 36.4 Å². The molecule has 1 fully saturated rings. The van der Waals surface area contributed by atoms with Crippen molar-refractivity contribution in [3.63, 3.8) is 0 Å². The molecule has 0 saturated heterocycles. The zero-order chi connectivity index (χ0) is 12.1. The van der Waals surface area contributed by atoms with E-state index in [0.717, 1.165) is 24.7 Å². The van der Waals surface area contributed by atoms with Crippen LogP contribution in [0.2, 0.25) is 0 Å². The van der Waals surface area contributed by atoms with E-state index >= 15 is 0 Å². The van der Waals surface area contributed by atoms with Crippen LogP contribution in [0, 0.1) is 0 Å². The van der Waals surface area contributed by atoms with Crippen molar-refractivity contribution in [1.82, 2.24) is 15.5 Å². The van der Waals surface area contributed by atoms with Crippen molar-refractivity contribution in [3.05, 3.63) is 11.7 Å². The fourth-order valence-corrected chi connectivity index (χ4v) is 2.07. The highest BCUT2D eigenvalue weighted by Crippen LogP contribution is 2.34. The Balaban J connectivity index is 1.89. The van der Waals surface area contributed by atoms with Crippen molar-refractivity contribution >= 4 is 0 Å². The number of ether oxygens (including phenoxy) is 1. The topological polar surface area (TPSA) is 60.2 Å². The molecule has 2 rings (SSSR count). The summed E-state index contributed by atoms with van der Waals surface area (Å²) in [5, 5.41) is 7.40. The molecule has 5 heteroatoms. The van der Waals surface area contributed by atoms with Crippen molar-refractivity contribution in [2.45, 2.75) is 44.6 Å². The van der Waals surface area contributed by atoms with Crippen LogP contribution < -0.4 is 5.32 Å². The SMILES string of the molecule is CCNC(COC)Cc1nc(C2CCC2)no1. The fourth-order valence-electron chi connectivity index (χ4n) is 2.07. The highest BCUT2D eigenvalue weighted by molar-refractivity contribution is 5.00. The molecule has 1 atom stereocenters. The zero-order valence-corrected chi connectivity index (χ0v) is 10.6. The molecular formula is C12H21N3O2. The lowest BCUT2D eigenvalue weighted by molar-refractivity contribution is 0.162. The summed E-state index contributed by atoms with van der Waals surface area (Å²) >= 11 is 0. The van der Waals surface area contributed by atoms with E-state index in [1.54, 1.807) is 7.11 Å². The maximum Gasteiger partial charge on any atom is 0.228 e. The molecule has 1 heterocycles. The van der Waals surface area contributed by atoms with Crippen molar-refractivity contribution in [2.24, 2.45) is 0 Å². The summed E-state index contributed by atoms with van der Waals surface area (Å²) in [5.41, 5.74) is 0. The van der Waals surface area contributed by atoms with Gasteiger partial charge < -0.3 is 14.6 Å². The van der Waals surface area contributed by atoms with Crippen LogP contribution >= 0.6 is 0 Å². The molecule has 0 aromatic carbocycles. The minimum atomic E-state index is 0.250. The molecule has 0 amide bonds. The van der Waals surface area contributed by atoms with E-state index in [9.17, 15) is 0 Å². The lowest BCUT2D eigenvalue weighted by Crippen LogP contribution is -2.35. The number of methoxy groups -OCH3 is 1. The van der Waals surface area contributed by atoms with Gasteiger partial charge in [-0.1, -0.05) is 18.5 Å². The normalized spacial score (nSPS) is 18.0. The molecule has 17 heavy (non-hydrogen) atoms. The Bertz CT molecular complexity index is 330. The van der Waals surface area contributed by atoms with Gasteiger partial charge in [-0.15, -0.1) is 0 Å². The summed E-state index contributed by atoms with van der Waals surface area (Å²) in [6, 6.07) is 0.250. The summed E-state index contributed by atoms with van der Waals surface area (Å²) in [7, 11) is 1.71. The maximum atomic E-state index is 5.29. The molecule has 0 spiro atoms. The van der Waals surface area contributed by atoms with E-state index < -0.39 is 0 Å². The maximum absolute atomic E-state index is 5.29. The van der Waals surface area contributed by atoms with Crippen LogP contribution in [0.3, 0.4) is 0 Å². The van der Waals surface area contributed by atoms with Crippen LogP contribution in [0.5, 0.6) is 0 Å². The molecule has 1 saturated carbocycles. The average Bonchev–Trinajstić information content (AvgIpc) is 2.64. The Hall–Kier alpha value is -0.940. The zero-order valence-electron chi connectivity index (χ0n) is 10.6. The van der Waals surface area contributed by atoms with Gasteiger partial charge in [0.2, 0.25) is 5.89 Å². The van der Waals surface area contributed by atoms with Gasteiger partial charge in [0.05, 0.1) is 6.61 Å². The first kappa shape index (κ1) is 12.5. The van der Waals surface area contributed by atoms with E-state index in [0.29, 0.717) is 12.5 Å². The number of aromatic nitrogens is 2. The summed E-state index contributed by atoms with van der Waals surface area (Å²) in [5.74, 6) is 2.14. The molecule has 1 aliphatic carbocycles. The molecule has 1 unspecified atom stereocenters. The third-order valence-corrected chi connectivity index (χ3v) is 3.24. The fraction of sp³-hybridized carbons (Fsp3) is 0.833. The molecule has 1 aliphatic rings. The summed E-state index contributed by atoms with van der Waals surface area (Å²) < 4.78 is 10.5. The van der Waals surface area contributed by atoms with E-state index in [4.69, 9.17) is 9.26 Å². The van der Waals surface area contributed by atoms with Crippen molar-refractivity contribution in [1.29, 1.82) is 0 Å². The second-order valence-corrected chi connectivity index (χ2v) is 4.59. The molecular weight excluding hydrogens is 218 g/mol. The van der Waals surface area contributed by atoms with Gasteiger partial charge in [0.15, 0.2) is 5.82 Å². The van der Waals surface area contributed by atoms with Gasteiger partial charge in [-0.05, 0) is 19.4 Å². The standard InChI is InChI=1S/C12H21N3O2/c1-3-13-10(8-16-2)7-11-14-12(15-17-11)9-5-4-6-9/h9-10,13H,3-8H2,1-2H3. The van der Waals surface area contributed by atoms with Gasteiger partial charge in [0.25, 0.3) is 0 Å². The van der Waals surface area contributed by atoms with Gasteiger partial charge in [0, 0.05) is 25.5 Å². The first-order valence-electron chi connectivity index (χ1n) is 6.38. The first-order valence-corrected chi connectivity index (χ1v) is 6.38. The highest BCUT2D eigenvalue weighted by atomic mass is 16.5. The van der Waals surface area contributed by atoms with E-state index in [1.807, 2.05) is 0 Å². The Labute approximate surface area is 102 Å². The second-order valence-electron chi connectivity index (χ2n) is 4.59. The average molecular weight is 239 g/mol. The second kappa shape index (κ2) is 6.12. The molecule has 1 N–H and O–H groups in total. The van der Waals surface area contributed by atoms with Crippen LogP contribution in [0.25, 0.3) is 0 Å². The number of hydrogen-bond donors (Lipinski definition) is 1. The minimum Gasteiger partial charge on any atom is -0.383 e. The van der Waals surface area contributed by atoms with Crippen molar-refractivity contribution < 1.29 is 9.26 Å². The summed E-state index contributed by atoms with van der Waals surface area (Å²) in [4.78, 5) is 4.46. The Morgan fingerprint density at radius 2 is 2.35 bits per heavy atom. The Kier molecular flexibility index (Phi) is 4.50. The third-order valence-electron chi connectivity index (χ3n) is 3.24. The van der Waals surface area contributed by atoms with Gasteiger partial charge >= 0.3 is 0 Å². The van der Waals surface area contributed by atoms with Crippen LogP contribution in [0.4, 0.5) is 0 Å². The third kappa shape index (κ3) is 3.26. The molecule has 0 aliphatic heterocycles. The van der Waals surface area contributed by atoms with Gasteiger partial charge in [-0.2, -0.15) is 4.98 Å². The van der Waals surface area contributed by atoms with Crippen LogP contribution in [0.1, 0.15) is 43.8 Å². The number of nitrogens with one attached hydrogen (secondary N) is 1. The molecule has 0 bridgehead atoms. The molecule has 1 aromatic heterocycles. The lowest BCUT2D eigenvalue weighted by atomic mass is 9.85. The van der Waals surface area contributed by atoms with Crippen molar-refractivity contribution in [2.75, 3.05) is 20.3 Å². The van der Waals surface area contributed by atoms with Gasteiger partial charge in [0.1, 0.15) is 0 Å². The van der Waals surface area contributed by atoms with E-state index in [-0.39, 0.29) is 6.04 Å². The van der Waals surface area contributed by atoms with E-state index in [1.165, 1.54) is 19.3 Å². The quantitative estimate of drug-likeness (QED) is 0.781. The monoisotopic (exact) mass is 239 g/mol. The molecule has 1 aromatic rings. The lowest BCUT2D eigenvalue weighted by Gasteiger charge is -2.21. The van der Waals surface area contributed by atoms with Crippen molar-refractivity contribution in [3.8, 4) is 0 Å². The highest BCUT2D eigenvalue weighted by Gasteiger charge is 2.25. The molecule has 0 radical (unpaired) electrons. The summed E-state index contributed by atoms with van der Waals surface area (Å²) in [6.07, 6.45) is 4.43. The number of likely N-dealkylation sites (N-methyl/N-ethyl adjacent to an activating group) is 1. The largest absolute Gasteiger partial charge is 0.383 e. The predicted octanol–water partition coefficient (Wildman–Crippen LogP) is 1.50. The van der Waals surface area contributed by atoms with Gasteiger partial charge in [-0.3, -0.25) is 0 Å². The smallest absolute Gasteiger partial charge is 0.228 e. The van der Waals surface area contributed by atoms with Gasteiger partial charge in [-0.25, -0.2) is 0 Å². The number of rotatable bonds is 7. The first-order chi connectivity index (χ1) is 8.33. The van der Waals surface area contributed by atoms with Crippen LogP contribution in [0.15, 0.2) is 4.52 Å². The summed E-state index contributed by atoms with van der Waals surface area (Å²) in [6.45, 7) is 3.66. The Morgan fingerprint density at radius 3 is 2.94 bits per heavy atom. The Morgan fingerprint density at radius 1 is 1.53 bits per heavy atom. The van der Waals surface area contributed by atoms with E-state index in [2.05, 4.69) is 22.4 Å². The van der Waals surface area contributed by atoms with Crippen LogP contribution in [-0.2, 0) is 11.2 Å². The predicted molar refractivity (Wildman–Crippen MR) is 63.9 cm³/mol. The molecule has 5 nitrogen and oxygen atoms in total. The number of nitrogens with zero attached hydrogens (tertiary/aromatic N) is 2. The number of hydrogen-bond acceptors (Lipinski definition) is 5.